The highest BCUT2D eigenvalue weighted by atomic mass is 35.5. The van der Waals surface area contributed by atoms with E-state index in [1.165, 1.54) is 11.1 Å². The van der Waals surface area contributed by atoms with E-state index < -0.39 is 0 Å². The number of aromatic nitrogens is 2. The normalized spacial score (nSPS) is 16.9. The van der Waals surface area contributed by atoms with Crippen LogP contribution in [-0.2, 0) is 13.5 Å². The molecule has 5 heteroatoms. The minimum Gasteiger partial charge on any atom is -0.338 e. The summed E-state index contributed by atoms with van der Waals surface area (Å²) in [6.07, 6.45) is 4.90. The number of nitrogens with zero attached hydrogens (tertiary/aromatic N) is 4. The number of hydrogen-bond donors (Lipinski definition) is 0. The zero-order chi connectivity index (χ0) is 19.3. The van der Waals surface area contributed by atoms with Crippen molar-refractivity contribution in [2.75, 3.05) is 32.7 Å². The predicted octanol–water partition coefficient (Wildman–Crippen LogP) is 4.02. The molecular weight excluding hydrogens is 368 g/mol. The van der Waals surface area contributed by atoms with Gasteiger partial charge in [0.05, 0.1) is 6.04 Å². The number of benzene rings is 2. The molecule has 1 unspecified atom stereocenters. The van der Waals surface area contributed by atoms with Crippen molar-refractivity contribution in [2.45, 2.75) is 12.5 Å². The Bertz CT molecular complexity index is 867. The SMILES string of the molecule is Cn1ccnc1CCN1CCN(C(c2ccccc2)c2ccc(Cl)cc2)CC1. The fraction of sp³-hybridized carbons (Fsp3) is 0.348. The van der Waals surface area contributed by atoms with Gasteiger partial charge in [0.25, 0.3) is 0 Å². The van der Waals surface area contributed by atoms with Crippen LogP contribution in [0.15, 0.2) is 67.0 Å². The Hall–Kier alpha value is -2.14. The minimum absolute atomic E-state index is 0.273. The van der Waals surface area contributed by atoms with Crippen LogP contribution in [0.1, 0.15) is 23.0 Å². The first kappa shape index (κ1) is 19.2. The average molecular weight is 395 g/mol. The third kappa shape index (κ3) is 4.46. The van der Waals surface area contributed by atoms with E-state index in [-0.39, 0.29) is 6.04 Å². The molecular formula is C23H27ClN4. The molecule has 0 saturated carbocycles. The largest absolute Gasteiger partial charge is 0.338 e. The van der Waals surface area contributed by atoms with Crippen LogP contribution < -0.4 is 0 Å². The van der Waals surface area contributed by atoms with Crippen LogP contribution in [-0.4, -0.2) is 52.1 Å². The number of aryl methyl sites for hydroxylation is 1. The van der Waals surface area contributed by atoms with Crippen LogP contribution >= 0.6 is 11.6 Å². The van der Waals surface area contributed by atoms with Crippen molar-refractivity contribution in [3.63, 3.8) is 0 Å². The van der Waals surface area contributed by atoms with E-state index in [0.717, 1.165) is 50.0 Å². The first-order valence-corrected chi connectivity index (χ1v) is 10.3. The van der Waals surface area contributed by atoms with Crippen molar-refractivity contribution in [3.05, 3.63) is 89.0 Å². The van der Waals surface area contributed by atoms with Crippen molar-refractivity contribution in [1.82, 2.24) is 19.4 Å². The molecule has 1 aromatic heterocycles. The van der Waals surface area contributed by atoms with Crippen molar-refractivity contribution in [1.29, 1.82) is 0 Å². The Morgan fingerprint density at radius 2 is 1.61 bits per heavy atom. The van der Waals surface area contributed by atoms with Gasteiger partial charge < -0.3 is 9.47 Å². The maximum absolute atomic E-state index is 6.13. The third-order valence-electron chi connectivity index (χ3n) is 5.65. The zero-order valence-electron chi connectivity index (χ0n) is 16.3. The molecule has 28 heavy (non-hydrogen) atoms. The van der Waals surface area contributed by atoms with Gasteiger partial charge in [-0.25, -0.2) is 4.98 Å². The van der Waals surface area contributed by atoms with Crippen molar-refractivity contribution in [3.8, 4) is 0 Å². The van der Waals surface area contributed by atoms with Crippen LogP contribution in [0.3, 0.4) is 0 Å². The smallest absolute Gasteiger partial charge is 0.109 e. The van der Waals surface area contributed by atoms with Gasteiger partial charge in [-0.15, -0.1) is 0 Å². The second-order valence-electron chi connectivity index (χ2n) is 7.45. The topological polar surface area (TPSA) is 24.3 Å². The average Bonchev–Trinajstić information content (AvgIpc) is 3.15. The van der Waals surface area contributed by atoms with E-state index in [1.807, 2.05) is 24.5 Å². The number of halogens is 1. The van der Waals surface area contributed by atoms with Gasteiger partial charge in [-0.2, -0.15) is 0 Å². The Kier molecular flexibility index (Phi) is 6.10. The molecule has 1 saturated heterocycles. The molecule has 0 radical (unpaired) electrons. The van der Waals surface area contributed by atoms with Gasteiger partial charge in [0.1, 0.15) is 5.82 Å². The highest BCUT2D eigenvalue weighted by molar-refractivity contribution is 6.30. The first-order chi connectivity index (χ1) is 13.7. The molecule has 0 spiro atoms. The van der Waals surface area contributed by atoms with E-state index >= 15 is 0 Å². The van der Waals surface area contributed by atoms with E-state index in [4.69, 9.17) is 11.6 Å². The van der Waals surface area contributed by atoms with E-state index in [9.17, 15) is 0 Å². The van der Waals surface area contributed by atoms with Crippen LogP contribution in [0.25, 0.3) is 0 Å². The molecule has 2 heterocycles. The fourth-order valence-electron chi connectivity index (χ4n) is 4.04. The van der Waals surface area contributed by atoms with Gasteiger partial charge in [0.15, 0.2) is 0 Å². The molecule has 0 bridgehead atoms. The summed E-state index contributed by atoms with van der Waals surface area (Å²) >= 11 is 6.13. The van der Waals surface area contributed by atoms with Crippen molar-refractivity contribution < 1.29 is 0 Å². The number of rotatable bonds is 6. The Morgan fingerprint density at radius 3 is 2.25 bits per heavy atom. The van der Waals surface area contributed by atoms with Crippen molar-refractivity contribution in [2.24, 2.45) is 7.05 Å². The lowest BCUT2D eigenvalue weighted by Gasteiger charge is -2.39. The number of piperazine rings is 1. The summed E-state index contributed by atoms with van der Waals surface area (Å²) in [7, 11) is 2.07. The molecule has 1 fully saturated rings. The first-order valence-electron chi connectivity index (χ1n) is 9.94. The lowest BCUT2D eigenvalue weighted by Crippen LogP contribution is -2.48. The molecule has 0 amide bonds. The Labute approximate surface area is 172 Å². The monoisotopic (exact) mass is 394 g/mol. The Balaban J connectivity index is 1.43. The molecule has 4 rings (SSSR count). The van der Waals surface area contributed by atoms with Crippen molar-refractivity contribution >= 4 is 11.6 Å². The molecule has 1 aliphatic rings. The fourth-order valence-corrected chi connectivity index (χ4v) is 4.16. The van der Waals surface area contributed by atoms with Gasteiger partial charge >= 0.3 is 0 Å². The second kappa shape index (κ2) is 8.91. The molecule has 1 aliphatic heterocycles. The van der Waals surface area contributed by atoms with E-state index in [2.05, 4.69) is 68.9 Å². The molecule has 3 aromatic rings. The lowest BCUT2D eigenvalue weighted by atomic mass is 9.96. The molecule has 4 nitrogen and oxygen atoms in total. The van der Waals surface area contributed by atoms with E-state index in [1.54, 1.807) is 0 Å². The molecule has 0 N–H and O–H groups in total. The van der Waals surface area contributed by atoms with Crippen LogP contribution in [0, 0.1) is 0 Å². The predicted molar refractivity (Wildman–Crippen MR) is 115 cm³/mol. The third-order valence-corrected chi connectivity index (χ3v) is 5.90. The lowest BCUT2D eigenvalue weighted by molar-refractivity contribution is 0.110. The minimum atomic E-state index is 0.273. The van der Waals surface area contributed by atoms with Gasteiger partial charge in [-0.3, -0.25) is 4.90 Å². The maximum atomic E-state index is 6.13. The molecule has 1 atom stereocenters. The Morgan fingerprint density at radius 1 is 0.929 bits per heavy atom. The van der Waals surface area contributed by atoms with E-state index in [0.29, 0.717) is 0 Å². The summed E-state index contributed by atoms with van der Waals surface area (Å²) in [5.74, 6) is 1.16. The highest BCUT2D eigenvalue weighted by Gasteiger charge is 2.26. The summed E-state index contributed by atoms with van der Waals surface area (Å²) < 4.78 is 2.11. The second-order valence-corrected chi connectivity index (χ2v) is 7.88. The maximum Gasteiger partial charge on any atom is 0.109 e. The number of hydrogen-bond acceptors (Lipinski definition) is 3. The van der Waals surface area contributed by atoms with Crippen LogP contribution in [0.4, 0.5) is 0 Å². The molecule has 0 aliphatic carbocycles. The zero-order valence-corrected chi connectivity index (χ0v) is 17.1. The molecule has 146 valence electrons. The quantitative estimate of drug-likeness (QED) is 0.631. The van der Waals surface area contributed by atoms with Crippen LogP contribution in [0.5, 0.6) is 0 Å². The van der Waals surface area contributed by atoms with Gasteiger partial charge in [-0.1, -0.05) is 54.1 Å². The summed E-state index contributed by atoms with van der Waals surface area (Å²) in [6.45, 7) is 5.35. The highest BCUT2D eigenvalue weighted by Crippen LogP contribution is 2.30. The summed E-state index contributed by atoms with van der Waals surface area (Å²) in [5.41, 5.74) is 2.64. The standard InChI is InChI=1S/C23H27ClN4/c1-26-14-12-25-22(26)11-13-27-15-17-28(18-16-27)23(19-5-3-2-4-6-19)20-7-9-21(24)10-8-20/h2-10,12,14,23H,11,13,15-18H2,1H3. The van der Waals surface area contributed by atoms with Gasteiger partial charge in [-0.05, 0) is 23.3 Å². The summed E-state index contributed by atoms with van der Waals surface area (Å²) in [6, 6.07) is 19.4. The molecule has 2 aromatic carbocycles. The number of imidazole rings is 1. The van der Waals surface area contributed by atoms with Gasteiger partial charge in [0, 0.05) is 63.6 Å². The summed E-state index contributed by atoms with van der Waals surface area (Å²) in [5, 5.41) is 0.787. The van der Waals surface area contributed by atoms with Gasteiger partial charge in [0.2, 0.25) is 0 Å². The summed E-state index contributed by atoms with van der Waals surface area (Å²) in [4.78, 5) is 9.59. The van der Waals surface area contributed by atoms with Crippen LogP contribution in [0.2, 0.25) is 5.02 Å².